The largest absolute Gasteiger partial charge is 0.473 e. The van der Waals surface area contributed by atoms with Gasteiger partial charge in [0, 0.05) is 12.5 Å². The monoisotopic (exact) mass is 268 g/mol. The summed E-state index contributed by atoms with van der Waals surface area (Å²) in [5.41, 5.74) is -0.533. The SMILES string of the molecule is CCCOc1nc(C(C)(C)C)nc(NC)c1[N+](=O)[O-]. The molecule has 7 heteroatoms. The molecule has 1 N–H and O–H groups in total. The van der Waals surface area contributed by atoms with Gasteiger partial charge in [0.2, 0.25) is 5.82 Å². The fourth-order valence-electron chi connectivity index (χ4n) is 1.41. The fourth-order valence-corrected chi connectivity index (χ4v) is 1.41. The molecule has 0 unspecified atom stereocenters. The predicted molar refractivity (Wildman–Crippen MR) is 72.7 cm³/mol. The zero-order chi connectivity index (χ0) is 14.6. The minimum Gasteiger partial charge on any atom is -0.473 e. The summed E-state index contributed by atoms with van der Waals surface area (Å²) in [5, 5.41) is 13.9. The van der Waals surface area contributed by atoms with E-state index in [1.165, 1.54) is 0 Å². The molecule has 0 saturated heterocycles. The summed E-state index contributed by atoms with van der Waals surface area (Å²) in [6.45, 7) is 8.13. The zero-order valence-corrected chi connectivity index (χ0v) is 12.0. The highest BCUT2D eigenvalue weighted by molar-refractivity contribution is 5.61. The number of nitrogens with zero attached hydrogens (tertiary/aromatic N) is 3. The molecule has 0 aromatic carbocycles. The van der Waals surface area contributed by atoms with Crippen molar-refractivity contribution in [3.8, 4) is 5.88 Å². The van der Waals surface area contributed by atoms with E-state index in [0.717, 1.165) is 6.42 Å². The summed E-state index contributed by atoms with van der Waals surface area (Å²) in [6.07, 6.45) is 0.751. The third-order valence-corrected chi connectivity index (χ3v) is 2.39. The van der Waals surface area contributed by atoms with Crippen molar-refractivity contribution in [3.05, 3.63) is 15.9 Å². The summed E-state index contributed by atoms with van der Waals surface area (Å²) in [7, 11) is 1.59. The molecule has 1 aromatic rings. The van der Waals surface area contributed by atoms with Gasteiger partial charge in [-0.05, 0) is 6.42 Å². The van der Waals surface area contributed by atoms with Crippen LogP contribution in [0.25, 0.3) is 0 Å². The van der Waals surface area contributed by atoms with Gasteiger partial charge in [0.15, 0.2) is 0 Å². The summed E-state index contributed by atoms with van der Waals surface area (Å²) in [4.78, 5) is 19.0. The van der Waals surface area contributed by atoms with Crippen molar-refractivity contribution >= 4 is 11.5 Å². The van der Waals surface area contributed by atoms with E-state index in [1.54, 1.807) is 7.05 Å². The molecule has 0 aliphatic heterocycles. The highest BCUT2D eigenvalue weighted by atomic mass is 16.6. The molecule has 1 aromatic heterocycles. The second kappa shape index (κ2) is 5.81. The van der Waals surface area contributed by atoms with Crippen molar-refractivity contribution in [1.29, 1.82) is 0 Å². The quantitative estimate of drug-likeness (QED) is 0.651. The zero-order valence-electron chi connectivity index (χ0n) is 12.0. The van der Waals surface area contributed by atoms with Crippen LogP contribution in [0.5, 0.6) is 5.88 Å². The van der Waals surface area contributed by atoms with E-state index in [4.69, 9.17) is 4.74 Å². The number of rotatable bonds is 5. The highest BCUT2D eigenvalue weighted by Gasteiger charge is 2.29. The molecule has 7 nitrogen and oxygen atoms in total. The maximum Gasteiger partial charge on any atom is 0.372 e. The van der Waals surface area contributed by atoms with Gasteiger partial charge in [-0.25, -0.2) is 4.98 Å². The van der Waals surface area contributed by atoms with Gasteiger partial charge >= 0.3 is 5.69 Å². The van der Waals surface area contributed by atoms with Crippen molar-refractivity contribution in [2.75, 3.05) is 19.0 Å². The predicted octanol–water partition coefficient (Wildman–Crippen LogP) is 2.51. The first-order valence-corrected chi connectivity index (χ1v) is 6.18. The van der Waals surface area contributed by atoms with Crippen LogP contribution < -0.4 is 10.1 Å². The Bertz CT molecular complexity index is 469. The van der Waals surface area contributed by atoms with Gasteiger partial charge < -0.3 is 10.1 Å². The number of nitrogens with one attached hydrogen (secondary N) is 1. The van der Waals surface area contributed by atoms with Gasteiger partial charge in [0.05, 0.1) is 11.5 Å². The van der Waals surface area contributed by atoms with Gasteiger partial charge in [-0.3, -0.25) is 10.1 Å². The Labute approximate surface area is 112 Å². The van der Waals surface area contributed by atoms with Crippen molar-refractivity contribution in [1.82, 2.24) is 9.97 Å². The van der Waals surface area contributed by atoms with Crippen LogP contribution in [0.2, 0.25) is 0 Å². The minimum absolute atomic E-state index is 0.0242. The summed E-state index contributed by atoms with van der Waals surface area (Å²) in [6, 6.07) is 0. The van der Waals surface area contributed by atoms with Crippen molar-refractivity contribution in [2.24, 2.45) is 0 Å². The van der Waals surface area contributed by atoms with E-state index in [1.807, 2.05) is 27.7 Å². The lowest BCUT2D eigenvalue weighted by Crippen LogP contribution is -2.19. The van der Waals surface area contributed by atoms with Crippen LogP contribution in [0.1, 0.15) is 39.9 Å². The van der Waals surface area contributed by atoms with Gasteiger partial charge in [-0.1, -0.05) is 27.7 Å². The molecular weight excluding hydrogens is 248 g/mol. The minimum atomic E-state index is -0.525. The normalized spacial score (nSPS) is 11.2. The molecule has 0 saturated carbocycles. The Hall–Kier alpha value is -1.92. The third kappa shape index (κ3) is 3.52. The molecule has 106 valence electrons. The second-order valence-electron chi connectivity index (χ2n) is 5.16. The van der Waals surface area contributed by atoms with E-state index in [-0.39, 0.29) is 22.8 Å². The standard InChI is InChI=1S/C12H20N4O3/c1-6-7-19-10-8(16(17)18)9(13-5)14-11(15-10)12(2,3)4/h6-7H2,1-5H3,(H,13,14,15). The molecule has 0 atom stereocenters. The molecule has 0 bridgehead atoms. The molecule has 0 fully saturated rings. The maximum atomic E-state index is 11.1. The van der Waals surface area contributed by atoms with Crippen molar-refractivity contribution in [2.45, 2.75) is 39.5 Å². The Morgan fingerprint density at radius 1 is 1.37 bits per heavy atom. The topological polar surface area (TPSA) is 90.2 Å². The van der Waals surface area contributed by atoms with E-state index in [0.29, 0.717) is 12.4 Å². The molecule has 0 amide bonds. The average Bonchev–Trinajstić information content (AvgIpc) is 2.33. The lowest BCUT2D eigenvalue weighted by Gasteiger charge is -2.18. The lowest BCUT2D eigenvalue weighted by molar-refractivity contribution is -0.385. The fraction of sp³-hybridized carbons (Fsp3) is 0.667. The van der Waals surface area contributed by atoms with Crippen LogP contribution >= 0.6 is 0 Å². The van der Waals surface area contributed by atoms with Crippen LogP contribution in [-0.2, 0) is 5.41 Å². The molecule has 0 aliphatic rings. The highest BCUT2D eigenvalue weighted by Crippen LogP contribution is 2.34. The molecule has 0 radical (unpaired) electrons. The summed E-state index contributed by atoms with van der Waals surface area (Å²) >= 11 is 0. The molecule has 0 aliphatic carbocycles. The molecule has 19 heavy (non-hydrogen) atoms. The van der Waals surface area contributed by atoms with Crippen molar-refractivity contribution < 1.29 is 9.66 Å². The molecule has 1 heterocycles. The summed E-state index contributed by atoms with van der Waals surface area (Å²) in [5.74, 6) is 0.709. The first-order valence-electron chi connectivity index (χ1n) is 6.18. The van der Waals surface area contributed by atoms with Crippen LogP contribution in [0.4, 0.5) is 11.5 Å². The number of nitro groups is 1. The first kappa shape index (κ1) is 15.1. The summed E-state index contributed by atoms with van der Waals surface area (Å²) < 4.78 is 5.39. The smallest absolute Gasteiger partial charge is 0.372 e. The van der Waals surface area contributed by atoms with Crippen LogP contribution in [0, 0.1) is 10.1 Å². The Balaban J connectivity index is 3.40. The van der Waals surface area contributed by atoms with Crippen LogP contribution in [-0.4, -0.2) is 28.5 Å². The Morgan fingerprint density at radius 2 is 2.00 bits per heavy atom. The lowest BCUT2D eigenvalue weighted by atomic mass is 9.96. The van der Waals surface area contributed by atoms with Crippen LogP contribution in [0.15, 0.2) is 0 Å². The molecular formula is C12H20N4O3. The van der Waals surface area contributed by atoms with Gasteiger partial charge in [0.25, 0.3) is 5.88 Å². The molecule has 1 rings (SSSR count). The third-order valence-electron chi connectivity index (χ3n) is 2.39. The maximum absolute atomic E-state index is 11.1. The molecule has 0 spiro atoms. The Morgan fingerprint density at radius 3 is 2.42 bits per heavy atom. The first-order chi connectivity index (χ1) is 8.81. The number of anilines is 1. The van der Waals surface area contributed by atoms with Gasteiger partial charge in [0.1, 0.15) is 5.82 Å². The number of hydrogen-bond acceptors (Lipinski definition) is 6. The van der Waals surface area contributed by atoms with E-state index in [9.17, 15) is 10.1 Å². The van der Waals surface area contributed by atoms with E-state index >= 15 is 0 Å². The Kier molecular flexibility index (Phi) is 4.63. The van der Waals surface area contributed by atoms with Crippen molar-refractivity contribution in [3.63, 3.8) is 0 Å². The van der Waals surface area contributed by atoms with E-state index < -0.39 is 4.92 Å². The van der Waals surface area contributed by atoms with Crippen LogP contribution in [0.3, 0.4) is 0 Å². The number of aromatic nitrogens is 2. The number of ether oxygens (including phenoxy) is 1. The average molecular weight is 268 g/mol. The number of hydrogen-bond donors (Lipinski definition) is 1. The second-order valence-corrected chi connectivity index (χ2v) is 5.16. The van der Waals surface area contributed by atoms with Gasteiger partial charge in [-0.2, -0.15) is 4.98 Å². The van der Waals surface area contributed by atoms with Gasteiger partial charge in [-0.15, -0.1) is 0 Å². The van der Waals surface area contributed by atoms with E-state index in [2.05, 4.69) is 15.3 Å².